The van der Waals surface area contributed by atoms with Crippen LogP contribution in [0, 0.1) is 0 Å². The van der Waals surface area contributed by atoms with E-state index >= 15 is 0 Å². The first-order valence-corrected chi connectivity index (χ1v) is 6.35. The van der Waals surface area contributed by atoms with Gasteiger partial charge in [-0.05, 0) is 13.0 Å². The van der Waals surface area contributed by atoms with Gasteiger partial charge in [0.05, 0.1) is 0 Å². The summed E-state index contributed by atoms with van der Waals surface area (Å²) >= 11 is 0. The SMILES string of the molecule is CC1(n2cnc(-c3ccn[nH]3)n2)OC(CO)=C(O)CC1O. The van der Waals surface area contributed by atoms with Gasteiger partial charge in [-0.3, -0.25) is 5.10 Å². The van der Waals surface area contributed by atoms with Crippen molar-refractivity contribution in [3.8, 4) is 11.5 Å². The van der Waals surface area contributed by atoms with Crippen LogP contribution in [0.25, 0.3) is 11.5 Å². The van der Waals surface area contributed by atoms with E-state index in [1.807, 2.05) is 0 Å². The van der Waals surface area contributed by atoms with E-state index in [4.69, 9.17) is 4.74 Å². The Morgan fingerprint density at radius 1 is 1.57 bits per heavy atom. The molecule has 1 aliphatic heterocycles. The zero-order valence-electron chi connectivity index (χ0n) is 11.3. The number of nitrogens with one attached hydrogen (secondary N) is 1. The minimum atomic E-state index is -1.27. The minimum Gasteiger partial charge on any atom is -0.509 e. The Hall–Kier alpha value is -2.39. The Morgan fingerprint density at radius 2 is 2.38 bits per heavy atom. The van der Waals surface area contributed by atoms with Gasteiger partial charge in [-0.25, -0.2) is 9.67 Å². The first kappa shape index (κ1) is 13.6. The lowest BCUT2D eigenvalue weighted by molar-refractivity contribution is -0.170. The molecule has 112 valence electrons. The maximum atomic E-state index is 10.2. The molecule has 9 heteroatoms. The summed E-state index contributed by atoms with van der Waals surface area (Å²) in [5.74, 6) is 0.242. The Kier molecular flexibility index (Phi) is 3.15. The predicted molar refractivity (Wildman–Crippen MR) is 69.7 cm³/mol. The van der Waals surface area contributed by atoms with E-state index in [0.29, 0.717) is 11.5 Å². The molecule has 0 bridgehead atoms. The fraction of sp³-hybridized carbons (Fsp3) is 0.417. The molecule has 0 aromatic carbocycles. The predicted octanol–water partition coefficient (Wildman–Crippen LogP) is -0.116. The summed E-state index contributed by atoms with van der Waals surface area (Å²) in [6.07, 6.45) is 1.92. The van der Waals surface area contributed by atoms with Gasteiger partial charge in [0.2, 0.25) is 5.72 Å². The Labute approximate surface area is 119 Å². The molecule has 21 heavy (non-hydrogen) atoms. The van der Waals surface area contributed by atoms with Gasteiger partial charge in [0.15, 0.2) is 11.6 Å². The smallest absolute Gasteiger partial charge is 0.226 e. The van der Waals surface area contributed by atoms with E-state index in [1.54, 1.807) is 19.2 Å². The van der Waals surface area contributed by atoms with Crippen LogP contribution in [-0.2, 0) is 10.5 Å². The van der Waals surface area contributed by atoms with Gasteiger partial charge >= 0.3 is 0 Å². The monoisotopic (exact) mass is 293 g/mol. The van der Waals surface area contributed by atoms with Gasteiger partial charge in [-0.2, -0.15) is 5.10 Å². The lowest BCUT2D eigenvalue weighted by atomic mass is 10.0. The van der Waals surface area contributed by atoms with Crippen LogP contribution in [0.2, 0.25) is 0 Å². The summed E-state index contributed by atoms with van der Waals surface area (Å²) in [6.45, 7) is 1.14. The van der Waals surface area contributed by atoms with Gasteiger partial charge in [-0.1, -0.05) is 0 Å². The average molecular weight is 293 g/mol. The summed E-state index contributed by atoms with van der Waals surface area (Å²) in [7, 11) is 0. The van der Waals surface area contributed by atoms with Crippen LogP contribution in [0.1, 0.15) is 13.3 Å². The second-order valence-corrected chi connectivity index (χ2v) is 4.89. The molecule has 2 aromatic rings. The van der Waals surface area contributed by atoms with Gasteiger partial charge in [0, 0.05) is 12.6 Å². The third-order valence-corrected chi connectivity index (χ3v) is 3.49. The average Bonchev–Trinajstić information content (AvgIpc) is 3.12. The highest BCUT2D eigenvalue weighted by Gasteiger charge is 2.44. The van der Waals surface area contributed by atoms with Crippen molar-refractivity contribution in [3.63, 3.8) is 0 Å². The molecule has 2 unspecified atom stereocenters. The van der Waals surface area contributed by atoms with Crippen molar-refractivity contribution in [2.75, 3.05) is 6.61 Å². The molecule has 1 aliphatic rings. The normalized spacial score (nSPS) is 26.0. The summed E-state index contributed by atoms with van der Waals surface area (Å²) in [6, 6.07) is 1.71. The van der Waals surface area contributed by atoms with E-state index in [-0.39, 0.29) is 17.9 Å². The van der Waals surface area contributed by atoms with Crippen molar-refractivity contribution in [2.45, 2.75) is 25.2 Å². The Balaban J connectivity index is 1.96. The molecule has 3 rings (SSSR count). The number of nitrogens with zero attached hydrogens (tertiary/aromatic N) is 4. The highest BCUT2D eigenvalue weighted by molar-refractivity contribution is 5.46. The molecule has 0 saturated heterocycles. The zero-order chi connectivity index (χ0) is 15.0. The lowest BCUT2D eigenvalue weighted by Gasteiger charge is -2.38. The molecule has 4 N–H and O–H groups in total. The number of rotatable bonds is 3. The van der Waals surface area contributed by atoms with E-state index < -0.39 is 18.4 Å². The molecule has 3 heterocycles. The van der Waals surface area contributed by atoms with Crippen molar-refractivity contribution in [1.82, 2.24) is 25.0 Å². The molecule has 0 aliphatic carbocycles. The standard InChI is InChI=1S/C12H15N5O4/c1-12(10(20)4-8(19)9(5-18)21-12)17-6-13-11(16-17)7-2-3-14-15-7/h2-3,6,10,18-20H,4-5H2,1H3,(H,14,15). The number of ether oxygens (including phenoxy) is 1. The fourth-order valence-corrected chi connectivity index (χ4v) is 2.17. The largest absolute Gasteiger partial charge is 0.509 e. The topological polar surface area (TPSA) is 129 Å². The minimum absolute atomic E-state index is 0.0152. The summed E-state index contributed by atoms with van der Waals surface area (Å²) in [5, 5.41) is 39.9. The van der Waals surface area contributed by atoms with E-state index in [1.165, 1.54) is 11.0 Å². The van der Waals surface area contributed by atoms with Gasteiger partial charge in [0.25, 0.3) is 0 Å². The van der Waals surface area contributed by atoms with Crippen LogP contribution in [-0.4, -0.2) is 53.0 Å². The second kappa shape index (κ2) is 4.86. The van der Waals surface area contributed by atoms with Gasteiger partial charge in [-0.15, -0.1) is 5.10 Å². The third kappa shape index (κ3) is 2.16. The molecule has 0 amide bonds. The van der Waals surface area contributed by atoms with Crippen LogP contribution < -0.4 is 0 Å². The van der Waals surface area contributed by atoms with Gasteiger partial charge < -0.3 is 20.1 Å². The highest BCUT2D eigenvalue weighted by Crippen LogP contribution is 2.34. The zero-order valence-corrected chi connectivity index (χ0v) is 11.3. The third-order valence-electron chi connectivity index (χ3n) is 3.49. The summed E-state index contributed by atoms with van der Waals surface area (Å²) in [5.41, 5.74) is -0.640. The van der Waals surface area contributed by atoms with Crippen molar-refractivity contribution < 1.29 is 20.1 Å². The van der Waals surface area contributed by atoms with Crippen LogP contribution in [0.4, 0.5) is 0 Å². The van der Waals surface area contributed by atoms with Crippen molar-refractivity contribution in [1.29, 1.82) is 0 Å². The maximum Gasteiger partial charge on any atom is 0.226 e. The summed E-state index contributed by atoms with van der Waals surface area (Å²) < 4.78 is 6.89. The number of aromatic nitrogens is 5. The Morgan fingerprint density at radius 3 is 3.05 bits per heavy atom. The van der Waals surface area contributed by atoms with Crippen molar-refractivity contribution >= 4 is 0 Å². The molecular formula is C12H15N5O4. The molecule has 9 nitrogen and oxygen atoms in total. The molecule has 0 fully saturated rings. The first-order chi connectivity index (χ1) is 10.0. The lowest BCUT2D eigenvalue weighted by Crippen LogP contribution is -2.48. The Bertz CT molecular complexity index is 665. The highest BCUT2D eigenvalue weighted by atomic mass is 16.6. The number of aliphatic hydroxyl groups excluding tert-OH is 3. The molecule has 0 radical (unpaired) electrons. The van der Waals surface area contributed by atoms with Crippen LogP contribution >= 0.6 is 0 Å². The van der Waals surface area contributed by atoms with E-state index in [9.17, 15) is 15.3 Å². The number of aromatic amines is 1. The molecule has 0 saturated carbocycles. The first-order valence-electron chi connectivity index (χ1n) is 6.35. The van der Waals surface area contributed by atoms with Crippen molar-refractivity contribution in [2.24, 2.45) is 0 Å². The molecule has 0 spiro atoms. The summed E-state index contributed by atoms with van der Waals surface area (Å²) in [4.78, 5) is 4.13. The molecular weight excluding hydrogens is 278 g/mol. The van der Waals surface area contributed by atoms with Crippen LogP contribution in [0.15, 0.2) is 30.1 Å². The fourth-order valence-electron chi connectivity index (χ4n) is 2.17. The van der Waals surface area contributed by atoms with Crippen molar-refractivity contribution in [3.05, 3.63) is 30.1 Å². The quantitative estimate of drug-likeness (QED) is 0.621. The van der Waals surface area contributed by atoms with E-state index in [2.05, 4.69) is 20.3 Å². The number of H-pyrrole nitrogens is 1. The maximum absolute atomic E-state index is 10.2. The van der Waals surface area contributed by atoms with Crippen LogP contribution in [0.3, 0.4) is 0 Å². The second-order valence-electron chi connectivity index (χ2n) is 4.89. The van der Waals surface area contributed by atoms with Crippen LogP contribution in [0.5, 0.6) is 0 Å². The number of hydrogen-bond acceptors (Lipinski definition) is 7. The van der Waals surface area contributed by atoms with Gasteiger partial charge in [0.1, 0.15) is 30.5 Å². The molecule has 2 aromatic heterocycles. The molecule has 2 atom stereocenters. The van der Waals surface area contributed by atoms with E-state index in [0.717, 1.165) is 0 Å². The number of hydrogen-bond donors (Lipinski definition) is 4. The number of aliphatic hydroxyl groups is 3.